The molecule has 5 nitrogen and oxygen atoms in total. The van der Waals surface area contributed by atoms with Crippen LogP contribution in [0.5, 0.6) is 0 Å². The van der Waals surface area contributed by atoms with Gasteiger partial charge < -0.3 is 38.5 Å². The van der Waals surface area contributed by atoms with E-state index in [2.05, 4.69) is 59.0 Å². The van der Waals surface area contributed by atoms with Crippen LogP contribution < -0.4 is 0 Å². The molecule has 0 bridgehead atoms. The number of hydrogen-bond acceptors (Lipinski definition) is 5. The van der Waals surface area contributed by atoms with Crippen LogP contribution in [-0.4, -0.2) is 60.0 Å². The third-order valence-corrected chi connectivity index (χ3v) is 11.8. The first-order valence-corrected chi connectivity index (χ1v) is 25.7. The molecule has 0 heterocycles. The summed E-state index contributed by atoms with van der Waals surface area (Å²) in [6, 6.07) is 0. The predicted octanol–water partition coefficient (Wildman–Crippen LogP) is 15.6. The summed E-state index contributed by atoms with van der Waals surface area (Å²) in [6.45, 7) is 19.9. The van der Waals surface area contributed by atoms with Gasteiger partial charge in [-0.25, -0.2) is 0 Å². The van der Waals surface area contributed by atoms with E-state index in [1.54, 1.807) is 0 Å². The van der Waals surface area contributed by atoms with Crippen LogP contribution in [0.15, 0.2) is 0 Å². The van der Waals surface area contributed by atoms with E-state index in [-0.39, 0.29) is 74.9 Å². The standard InChI is InChI=1S/2C18H35O.C17H35NO2.2U/c2*1-3-5-7-9-10-12-15-18(16-13-17-19)14-11-8-6-4-2;1-3-5-7-9-13-18(14-10-8-11-15-19)16-17(20)12-6-4-2;;/h2*18H,3-16H2,1-2H3;17,19-20H,1-16H2;;/q2*-1;-2;2*+2. The summed E-state index contributed by atoms with van der Waals surface area (Å²) in [5.41, 5.74) is 0. The van der Waals surface area contributed by atoms with Gasteiger partial charge in [-0.2, -0.15) is 25.7 Å². The zero-order chi connectivity index (χ0) is 43.4. The SMILES string of the molecule is CCCCCCCCC(CC[C-]=O)CCCCCC.CCCCCCCCC(CC[C-]=O)CCCCCC.[CH2-]CCCCCN(CCCCCO)CC(O)CCC[CH2-].[U+2].[U+2]. The minimum Gasteiger partial charge on any atom is -0.542 e. The van der Waals surface area contributed by atoms with Crippen molar-refractivity contribution in [2.75, 3.05) is 26.2 Å². The fraction of sp³-hybridized carbons (Fsp3) is 0.925. The Morgan fingerprint density at radius 3 is 1.12 bits per heavy atom. The third kappa shape index (κ3) is 61.4. The van der Waals surface area contributed by atoms with E-state index in [0.29, 0.717) is 12.8 Å². The number of nitrogens with zero attached hydrogens (tertiary/aromatic N) is 1. The fourth-order valence-corrected chi connectivity index (χ4v) is 7.92. The number of aliphatic hydroxyl groups is 2. The first-order valence-electron chi connectivity index (χ1n) is 25.7. The predicted molar refractivity (Wildman–Crippen MR) is 257 cm³/mol. The summed E-state index contributed by atoms with van der Waals surface area (Å²) in [5.74, 6) is 1.56. The number of aliphatic hydroxyl groups excluding tert-OH is 2. The van der Waals surface area contributed by atoms with Gasteiger partial charge in [0.15, 0.2) is 0 Å². The molecule has 0 aromatic heterocycles. The van der Waals surface area contributed by atoms with Gasteiger partial charge in [0.05, 0.1) is 6.10 Å². The first-order chi connectivity index (χ1) is 28.4. The van der Waals surface area contributed by atoms with Crippen molar-refractivity contribution in [3.05, 3.63) is 13.8 Å². The monoisotopic (exact) mass is 1300 g/mol. The van der Waals surface area contributed by atoms with Gasteiger partial charge in [0.2, 0.25) is 0 Å². The van der Waals surface area contributed by atoms with Crippen molar-refractivity contribution >= 4 is 12.6 Å². The molecule has 0 radical (unpaired) electrons. The van der Waals surface area contributed by atoms with E-state index in [9.17, 15) is 14.7 Å². The average Bonchev–Trinajstić information content (AvgIpc) is 3.23. The third-order valence-electron chi connectivity index (χ3n) is 11.8. The molecule has 0 aliphatic carbocycles. The van der Waals surface area contributed by atoms with Crippen molar-refractivity contribution in [1.82, 2.24) is 4.90 Å². The molecule has 3 unspecified atom stereocenters. The van der Waals surface area contributed by atoms with Crippen LogP contribution in [0.3, 0.4) is 0 Å². The van der Waals surface area contributed by atoms with Gasteiger partial charge in [0.25, 0.3) is 0 Å². The second kappa shape index (κ2) is 64.6. The maximum Gasteiger partial charge on any atom is 2.00 e. The molecule has 0 spiro atoms. The van der Waals surface area contributed by atoms with Crippen molar-refractivity contribution in [3.8, 4) is 0 Å². The summed E-state index contributed by atoms with van der Waals surface area (Å²) in [6.07, 6.45) is 50.5. The Hall–Kier alpha value is 1.32. The molecule has 7 heteroatoms. The van der Waals surface area contributed by atoms with Crippen LogP contribution in [0, 0.1) is 87.9 Å². The normalized spacial score (nSPS) is 12.3. The van der Waals surface area contributed by atoms with Crippen molar-refractivity contribution in [3.63, 3.8) is 0 Å². The van der Waals surface area contributed by atoms with E-state index < -0.39 is 0 Å². The van der Waals surface area contributed by atoms with Crippen molar-refractivity contribution < 1.29 is 82.0 Å². The van der Waals surface area contributed by atoms with E-state index >= 15 is 0 Å². The molecule has 0 aromatic rings. The number of rotatable bonds is 45. The van der Waals surface area contributed by atoms with Crippen LogP contribution in [-0.2, 0) is 9.59 Å². The van der Waals surface area contributed by atoms with Crippen LogP contribution in [0.2, 0.25) is 0 Å². The van der Waals surface area contributed by atoms with Crippen molar-refractivity contribution in [2.24, 2.45) is 11.8 Å². The number of hydrogen-bond donors (Lipinski definition) is 2. The second-order valence-corrected chi connectivity index (χ2v) is 17.6. The molecule has 0 amide bonds. The number of unbranched alkanes of at least 4 members (excludes halogenated alkanes) is 22. The largest absolute Gasteiger partial charge is 2.00 e. The minimum atomic E-state index is -0.220. The first kappa shape index (κ1) is 70.3. The Balaban J connectivity index is -0.000000248. The Morgan fingerprint density at radius 2 is 0.767 bits per heavy atom. The molecule has 0 saturated carbocycles. The molecule has 60 heavy (non-hydrogen) atoms. The molecular formula is C53H105NO4U2. The average molecular weight is 1300 g/mol. The summed E-state index contributed by atoms with van der Waals surface area (Å²) in [7, 11) is 0. The zero-order valence-electron chi connectivity index (χ0n) is 41.0. The van der Waals surface area contributed by atoms with Crippen LogP contribution in [0.25, 0.3) is 0 Å². The maximum absolute atomic E-state index is 10.4. The molecule has 0 rings (SSSR count). The fourth-order valence-electron chi connectivity index (χ4n) is 7.92. The summed E-state index contributed by atoms with van der Waals surface area (Å²) in [5, 5.41) is 18.8. The maximum atomic E-state index is 10.4. The van der Waals surface area contributed by atoms with E-state index in [1.165, 1.54) is 173 Å². The molecular weight excluding hydrogens is 1190 g/mol. The van der Waals surface area contributed by atoms with E-state index in [0.717, 1.165) is 89.3 Å². The van der Waals surface area contributed by atoms with Crippen LogP contribution in [0.4, 0.5) is 0 Å². The summed E-state index contributed by atoms with van der Waals surface area (Å²) in [4.78, 5) is 23.2. The quantitative estimate of drug-likeness (QED) is 0.0469. The summed E-state index contributed by atoms with van der Waals surface area (Å²) >= 11 is 0. The molecule has 0 aliphatic rings. The molecule has 0 aromatic carbocycles. The van der Waals surface area contributed by atoms with Gasteiger partial charge in [-0.1, -0.05) is 214 Å². The molecule has 354 valence electrons. The second-order valence-electron chi connectivity index (χ2n) is 17.6. The van der Waals surface area contributed by atoms with Gasteiger partial charge in [0, 0.05) is 13.2 Å². The smallest absolute Gasteiger partial charge is 0.542 e. The Morgan fingerprint density at radius 1 is 0.433 bits per heavy atom. The molecule has 2 N–H and O–H groups in total. The Kier molecular flexibility index (Phi) is 75.7. The Labute approximate surface area is 425 Å². The molecule has 0 saturated heterocycles. The van der Waals surface area contributed by atoms with Crippen LogP contribution in [0.1, 0.15) is 272 Å². The van der Waals surface area contributed by atoms with E-state index in [4.69, 9.17) is 5.11 Å². The van der Waals surface area contributed by atoms with Crippen molar-refractivity contribution in [2.45, 2.75) is 278 Å². The van der Waals surface area contributed by atoms with Gasteiger partial charge in [-0.05, 0) is 57.0 Å². The van der Waals surface area contributed by atoms with Gasteiger partial charge in [-0.3, -0.25) is 12.6 Å². The summed E-state index contributed by atoms with van der Waals surface area (Å²) < 4.78 is 0. The topological polar surface area (TPSA) is 77.8 Å². The van der Waals surface area contributed by atoms with Crippen LogP contribution >= 0.6 is 0 Å². The molecule has 0 fully saturated rings. The minimum absolute atomic E-state index is 0. The molecule has 3 atom stereocenters. The molecule has 0 aliphatic heterocycles. The Bertz CT molecular complexity index is 694. The van der Waals surface area contributed by atoms with Gasteiger partial charge in [0.1, 0.15) is 0 Å². The zero-order valence-corrected chi connectivity index (χ0v) is 49.3. The van der Waals surface area contributed by atoms with Crippen molar-refractivity contribution in [1.29, 1.82) is 0 Å². The van der Waals surface area contributed by atoms with Gasteiger partial charge >= 0.3 is 62.2 Å². The van der Waals surface area contributed by atoms with E-state index in [1.807, 2.05) is 0 Å². The van der Waals surface area contributed by atoms with Gasteiger partial charge in [-0.15, -0.1) is 0 Å². The number of carbonyl (C=O) groups excluding carboxylic acids is 2.